The van der Waals surface area contributed by atoms with E-state index in [-0.39, 0.29) is 11.1 Å². The van der Waals surface area contributed by atoms with Crippen LogP contribution in [0.3, 0.4) is 0 Å². The van der Waals surface area contributed by atoms with Crippen molar-refractivity contribution in [1.82, 2.24) is 0 Å². The van der Waals surface area contributed by atoms with Crippen LogP contribution in [0.25, 0.3) is 0 Å². The number of hydrogen-bond donors (Lipinski definition) is 0. The second-order valence-electron chi connectivity index (χ2n) is 6.82. The van der Waals surface area contributed by atoms with Gasteiger partial charge in [0.1, 0.15) is 6.61 Å². The van der Waals surface area contributed by atoms with E-state index < -0.39 is 8.32 Å². The van der Waals surface area contributed by atoms with E-state index in [1.165, 1.54) is 18.4 Å². The predicted octanol–water partition coefficient (Wildman–Crippen LogP) is 4.05. The standard InChI is InChI=1S/C15H28O3Si/c1-15(2,3)19(4,5)18-14-9-7-6-8-13(14)10-11-17-12-16/h10,12,14H,6-9,11H2,1-5H3. The molecule has 0 radical (unpaired) electrons. The SMILES string of the molecule is CC(C)(C)[Si](C)(C)OC1CCCCC1=CCOC=O. The van der Waals surface area contributed by atoms with Crippen molar-refractivity contribution in [3.8, 4) is 0 Å². The van der Waals surface area contributed by atoms with Gasteiger partial charge in [-0.05, 0) is 49.0 Å². The van der Waals surface area contributed by atoms with Crippen molar-refractivity contribution >= 4 is 14.8 Å². The first-order valence-corrected chi connectivity index (χ1v) is 10.1. The van der Waals surface area contributed by atoms with E-state index in [0.29, 0.717) is 13.1 Å². The third kappa shape index (κ3) is 4.77. The van der Waals surface area contributed by atoms with Gasteiger partial charge in [0.25, 0.3) is 6.47 Å². The van der Waals surface area contributed by atoms with Gasteiger partial charge in [0.2, 0.25) is 0 Å². The molecule has 1 aliphatic carbocycles. The summed E-state index contributed by atoms with van der Waals surface area (Å²) in [5.74, 6) is 0. The van der Waals surface area contributed by atoms with E-state index in [2.05, 4.69) is 33.9 Å². The zero-order chi connectivity index (χ0) is 14.5. The number of hydrogen-bond acceptors (Lipinski definition) is 3. The third-order valence-electron chi connectivity index (χ3n) is 4.35. The number of carbonyl (C=O) groups excluding carboxylic acids is 1. The zero-order valence-electron chi connectivity index (χ0n) is 13.0. The Labute approximate surface area is 118 Å². The quantitative estimate of drug-likeness (QED) is 0.331. The van der Waals surface area contributed by atoms with Crippen LogP contribution in [0.2, 0.25) is 18.1 Å². The fourth-order valence-electron chi connectivity index (χ4n) is 2.10. The summed E-state index contributed by atoms with van der Waals surface area (Å²) in [6.07, 6.45) is 6.87. The molecule has 3 nitrogen and oxygen atoms in total. The highest BCUT2D eigenvalue weighted by atomic mass is 28.4. The van der Waals surface area contributed by atoms with Gasteiger partial charge in [-0.25, -0.2) is 0 Å². The second-order valence-corrected chi connectivity index (χ2v) is 11.6. The van der Waals surface area contributed by atoms with E-state index >= 15 is 0 Å². The summed E-state index contributed by atoms with van der Waals surface area (Å²) in [4.78, 5) is 10.2. The fourth-order valence-corrected chi connectivity index (χ4v) is 3.43. The molecule has 1 fully saturated rings. The Bertz CT molecular complexity index is 329. The Hall–Kier alpha value is -0.613. The molecule has 110 valence electrons. The molecule has 1 saturated carbocycles. The first kappa shape index (κ1) is 16.4. The first-order valence-electron chi connectivity index (χ1n) is 7.20. The molecule has 0 N–H and O–H groups in total. The highest BCUT2D eigenvalue weighted by Gasteiger charge is 2.40. The normalized spacial score (nSPS) is 23.4. The van der Waals surface area contributed by atoms with Gasteiger partial charge in [0.05, 0.1) is 6.10 Å². The largest absolute Gasteiger partial charge is 0.464 e. The van der Waals surface area contributed by atoms with Crippen molar-refractivity contribution in [1.29, 1.82) is 0 Å². The minimum Gasteiger partial charge on any atom is -0.464 e. The molecule has 1 atom stereocenters. The zero-order valence-corrected chi connectivity index (χ0v) is 14.0. The van der Waals surface area contributed by atoms with Crippen molar-refractivity contribution in [3.63, 3.8) is 0 Å². The molecule has 0 spiro atoms. The van der Waals surface area contributed by atoms with Gasteiger partial charge in [0.15, 0.2) is 8.32 Å². The van der Waals surface area contributed by atoms with Gasteiger partial charge in [0, 0.05) is 0 Å². The van der Waals surface area contributed by atoms with E-state index in [1.54, 1.807) is 0 Å². The molecule has 0 heterocycles. The molecule has 1 rings (SSSR count). The van der Waals surface area contributed by atoms with Crippen LogP contribution < -0.4 is 0 Å². The second kappa shape index (κ2) is 6.71. The lowest BCUT2D eigenvalue weighted by Crippen LogP contribution is -2.44. The average molecular weight is 284 g/mol. The lowest BCUT2D eigenvalue weighted by molar-refractivity contribution is -0.127. The number of rotatable bonds is 5. The van der Waals surface area contributed by atoms with Crippen molar-refractivity contribution in [2.75, 3.05) is 6.61 Å². The summed E-state index contributed by atoms with van der Waals surface area (Å²) in [6.45, 7) is 12.3. The summed E-state index contributed by atoms with van der Waals surface area (Å²) in [7, 11) is -1.73. The molecule has 0 aromatic rings. The predicted molar refractivity (Wildman–Crippen MR) is 80.6 cm³/mol. The van der Waals surface area contributed by atoms with E-state index in [0.717, 1.165) is 12.8 Å². The molecule has 1 aliphatic rings. The third-order valence-corrected chi connectivity index (χ3v) is 8.83. The summed E-state index contributed by atoms with van der Waals surface area (Å²) >= 11 is 0. The molecule has 0 bridgehead atoms. The number of ether oxygens (including phenoxy) is 1. The van der Waals surface area contributed by atoms with Crippen LogP contribution in [-0.4, -0.2) is 27.5 Å². The van der Waals surface area contributed by atoms with Crippen molar-refractivity contribution in [2.24, 2.45) is 0 Å². The molecular formula is C15H28O3Si. The molecular weight excluding hydrogens is 256 g/mol. The topological polar surface area (TPSA) is 35.5 Å². The Morgan fingerprint density at radius 1 is 1.32 bits per heavy atom. The lowest BCUT2D eigenvalue weighted by Gasteiger charge is -2.41. The van der Waals surface area contributed by atoms with Crippen LogP contribution in [-0.2, 0) is 14.0 Å². The van der Waals surface area contributed by atoms with E-state index in [1.807, 2.05) is 6.08 Å². The summed E-state index contributed by atoms with van der Waals surface area (Å²) < 4.78 is 11.3. The summed E-state index contributed by atoms with van der Waals surface area (Å²) in [5.41, 5.74) is 1.32. The van der Waals surface area contributed by atoms with Crippen LogP contribution in [0.1, 0.15) is 46.5 Å². The minimum absolute atomic E-state index is 0.227. The lowest BCUT2D eigenvalue weighted by atomic mass is 9.92. The van der Waals surface area contributed by atoms with Crippen molar-refractivity contribution in [2.45, 2.75) is 70.7 Å². The maximum absolute atomic E-state index is 10.2. The molecule has 0 saturated heterocycles. The van der Waals surface area contributed by atoms with Gasteiger partial charge in [-0.2, -0.15) is 0 Å². The Morgan fingerprint density at radius 3 is 2.58 bits per heavy atom. The van der Waals surface area contributed by atoms with E-state index in [4.69, 9.17) is 9.16 Å². The monoisotopic (exact) mass is 284 g/mol. The highest BCUT2D eigenvalue weighted by Crippen LogP contribution is 2.40. The maximum Gasteiger partial charge on any atom is 0.293 e. The average Bonchev–Trinajstić information content (AvgIpc) is 2.30. The molecule has 0 amide bonds. The molecule has 1 unspecified atom stereocenters. The maximum atomic E-state index is 10.2. The Kier molecular flexibility index (Phi) is 5.80. The molecule has 0 aromatic heterocycles. The molecule has 0 aliphatic heterocycles. The van der Waals surface area contributed by atoms with Gasteiger partial charge in [-0.1, -0.05) is 27.2 Å². The van der Waals surface area contributed by atoms with Crippen LogP contribution in [0.5, 0.6) is 0 Å². The van der Waals surface area contributed by atoms with Crippen LogP contribution >= 0.6 is 0 Å². The van der Waals surface area contributed by atoms with Crippen molar-refractivity contribution < 1.29 is 14.0 Å². The molecule has 0 aromatic carbocycles. The Balaban J connectivity index is 2.72. The summed E-state index contributed by atoms with van der Waals surface area (Å²) in [6, 6.07) is 0. The highest BCUT2D eigenvalue weighted by molar-refractivity contribution is 6.74. The van der Waals surface area contributed by atoms with E-state index in [9.17, 15) is 4.79 Å². The first-order chi connectivity index (χ1) is 8.78. The van der Waals surface area contributed by atoms with Crippen molar-refractivity contribution in [3.05, 3.63) is 11.6 Å². The molecule has 19 heavy (non-hydrogen) atoms. The van der Waals surface area contributed by atoms with Gasteiger partial charge >= 0.3 is 0 Å². The minimum atomic E-state index is -1.73. The fraction of sp³-hybridized carbons (Fsp3) is 0.800. The van der Waals surface area contributed by atoms with Gasteiger partial charge in [-0.3, -0.25) is 4.79 Å². The Morgan fingerprint density at radius 2 is 2.00 bits per heavy atom. The summed E-state index contributed by atoms with van der Waals surface area (Å²) in [5, 5.41) is 0.231. The van der Waals surface area contributed by atoms with Crippen LogP contribution in [0.15, 0.2) is 11.6 Å². The van der Waals surface area contributed by atoms with Gasteiger partial charge in [-0.15, -0.1) is 0 Å². The van der Waals surface area contributed by atoms with Crippen LogP contribution in [0.4, 0.5) is 0 Å². The number of carbonyl (C=O) groups is 1. The van der Waals surface area contributed by atoms with Gasteiger partial charge < -0.3 is 9.16 Å². The smallest absolute Gasteiger partial charge is 0.293 e. The molecule has 4 heteroatoms. The van der Waals surface area contributed by atoms with Crippen LogP contribution in [0, 0.1) is 0 Å².